The van der Waals surface area contributed by atoms with E-state index in [0.29, 0.717) is 31.7 Å². The van der Waals surface area contributed by atoms with Gasteiger partial charge in [0.1, 0.15) is 11.6 Å². The van der Waals surface area contributed by atoms with E-state index in [1.165, 1.54) is 12.4 Å². The molecule has 18 heavy (non-hydrogen) atoms. The fourth-order valence-corrected chi connectivity index (χ4v) is 1.61. The van der Waals surface area contributed by atoms with E-state index < -0.39 is 0 Å². The smallest absolute Gasteiger partial charge is 0.142 e. The average molecular weight is 326 g/mol. The van der Waals surface area contributed by atoms with E-state index in [4.69, 9.17) is 57.9 Å². The van der Waals surface area contributed by atoms with Crippen molar-refractivity contribution in [1.82, 2.24) is 9.97 Å². The van der Waals surface area contributed by atoms with Gasteiger partial charge in [-0.05, 0) is 12.1 Å². The third-order valence-corrected chi connectivity index (χ3v) is 2.69. The quantitative estimate of drug-likeness (QED) is 0.769. The molecule has 8 heteroatoms. The van der Waals surface area contributed by atoms with Crippen LogP contribution in [0.2, 0.25) is 20.1 Å². The van der Waals surface area contributed by atoms with Gasteiger partial charge in [0.15, 0.2) is 0 Å². The number of nitrogen functional groups attached to an aromatic ring is 2. The van der Waals surface area contributed by atoms with Crippen LogP contribution in [0.4, 0.5) is 11.6 Å². The van der Waals surface area contributed by atoms with Crippen molar-refractivity contribution in [2.45, 2.75) is 0 Å². The largest absolute Gasteiger partial charge is 0.382 e. The average Bonchev–Trinajstić information content (AvgIpc) is 2.30. The summed E-state index contributed by atoms with van der Waals surface area (Å²) in [5, 5.41) is 1.77. The Hall–Kier alpha value is -0.940. The molecule has 2 rings (SSSR count). The van der Waals surface area contributed by atoms with Crippen molar-refractivity contribution < 1.29 is 0 Å². The molecule has 4 nitrogen and oxygen atoms in total. The number of hydrogen-bond donors (Lipinski definition) is 2. The van der Waals surface area contributed by atoms with Crippen LogP contribution in [0.1, 0.15) is 0 Å². The zero-order valence-corrected chi connectivity index (χ0v) is 11.9. The molecule has 0 aliphatic heterocycles. The zero-order chi connectivity index (χ0) is 13.7. The third-order valence-electron chi connectivity index (χ3n) is 1.67. The topological polar surface area (TPSA) is 77.8 Å². The molecule has 0 saturated heterocycles. The molecule has 0 bridgehead atoms. The molecule has 0 fully saturated rings. The van der Waals surface area contributed by atoms with Gasteiger partial charge in [-0.15, -0.1) is 0 Å². The molecule has 96 valence electrons. The second-order valence-corrected chi connectivity index (χ2v) is 4.73. The van der Waals surface area contributed by atoms with E-state index in [2.05, 4.69) is 9.97 Å². The number of nitrogens with zero attached hydrogens (tertiary/aromatic N) is 2. The van der Waals surface area contributed by atoms with Crippen LogP contribution >= 0.6 is 46.4 Å². The van der Waals surface area contributed by atoms with Crippen molar-refractivity contribution in [3.63, 3.8) is 0 Å². The van der Waals surface area contributed by atoms with Gasteiger partial charge in [0.05, 0.1) is 20.1 Å². The van der Waals surface area contributed by atoms with E-state index >= 15 is 0 Å². The summed E-state index contributed by atoms with van der Waals surface area (Å²) in [7, 11) is 0. The standard InChI is InChI=1S/2C5H4Cl2N2/c2*6-3-1-4(7)5(8)9-2-3/h2*1-2H,(H2,8,9). The number of anilines is 2. The molecule has 2 aromatic rings. The molecule has 0 amide bonds. The van der Waals surface area contributed by atoms with Gasteiger partial charge in [-0.25, -0.2) is 9.97 Å². The number of hydrogen-bond acceptors (Lipinski definition) is 4. The van der Waals surface area contributed by atoms with Crippen LogP contribution in [0.3, 0.4) is 0 Å². The molecule has 0 atom stereocenters. The Kier molecular flexibility index (Phi) is 5.75. The van der Waals surface area contributed by atoms with E-state index in [0.717, 1.165) is 0 Å². The maximum Gasteiger partial charge on any atom is 0.142 e. The predicted molar refractivity (Wildman–Crippen MR) is 77.3 cm³/mol. The fraction of sp³-hybridized carbons (Fsp3) is 0. The molecule has 0 spiro atoms. The summed E-state index contributed by atoms with van der Waals surface area (Å²) in [6.07, 6.45) is 2.89. The van der Waals surface area contributed by atoms with Crippen molar-refractivity contribution >= 4 is 58.0 Å². The zero-order valence-electron chi connectivity index (χ0n) is 8.87. The maximum atomic E-state index is 5.54. The maximum absolute atomic E-state index is 5.54. The van der Waals surface area contributed by atoms with Gasteiger partial charge in [-0.2, -0.15) is 0 Å². The Morgan fingerprint density at radius 1 is 0.722 bits per heavy atom. The number of aromatic nitrogens is 2. The highest BCUT2D eigenvalue weighted by molar-refractivity contribution is 6.36. The molecule has 0 aliphatic rings. The molecule has 0 aromatic carbocycles. The van der Waals surface area contributed by atoms with Crippen molar-refractivity contribution in [1.29, 1.82) is 0 Å². The second kappa shape index (κ2) is 6.85. The number of nitrogens with two attached hydrogens (primary N) is 2. The minimum Gasteiger partial charge on any atom is -0.382 e. The monoisotopic (exact) mass is 324 g/mol. The summed E-state index contributed by atoms with van der Waals surface area (Å²) in [5.41, 5.74) is 10.6. The number of pyridine rings is 2. The van der Waals surface area contributed by atoms with Crippen LogP contribution in [0.15, 0.2) is 24.5 Å². The van der Waals surface area contributed by atoms with Crippen molar-refractivity contribution in [2.24, 2.45) is 0 Å². The normalized spacial score (nSPS) is 9.56. The summed E-state index contributed by atoms with van der Waals surface area (Å²) in [5.74, 6) is 0.613. The van der Waals surface area contributed by atoms with Crippen molar-refractivity contribution in [3.8, 4) is 0 Å². The minimum atomic E-state index is 0.307. The molecule has 0 radical (unpaired) electrons. The van der Waals surface area contributed by atoms with Crippen LogP contribution < -0.4 is 11.5 Å². The molecule has 0 saturated carbocycles. The van der Waals surface area contributed by atoms with E-state index in [-0.39, 0.29) is 0 Å². The van der Waals surface area contributed by atoms with Gasteiger partial charge in [0.2, 0.25) is 0 Å². The van der Waals surface area contributed by atoms with Crippen LogP contribution in [0.25, 0.3) is 0 Å². The van der Waals surface area contributed by atoms with E-state index in [1.807, 2.05) is 0 Å². The van der Waals surface area contributed by atoms with Crippen molar-refractivity contribution in [2.75, 3.05) is 11.5 Å². The molecule has 2 heterocycles. The van der Waals surface area contributed by atoms with Crippen LogP contribution in [0, 0.1) is 0 Å². The molecular weight excluding hydrogens is 318 g/mol. The van der Waals surface area contributed by atoms with Gasteiger partial charge in [0, 0.05) is 12.4 Å². The van der Waals surface area contributed by atoms with Crippen LogP contribution in [-0.4, -0.2) is 9.97 Å². The molecule has 0 aliphatic carbocycles. The van der Waals surface area contributed by atoms with Crippen LogP contribution in [-0.2, 0) is 0 Å². The molecule has 0 unspecified atom stereocenters. The first-order valence-electron chi connectivity index (χ1n) is 4.53. The first-order chi connectivity index (χ1) is 8.40. The number of halogens is 4. The Morgan fingerprint density at radius 3 is 1.28 bits per heavy atom. The highest BCUT2D eigenvalue weighted by Crippen LogP contribution is 2.19. The number of rotatable bonds is 0. The first-order valence-corrected chi connectivity index (χ1v) is 6.04. The predicted octanol–water partition coefficient (Wildman–Crippen LogP) is 3.94. The lowest BCUT2D eigenvalue weighted by Gasteiger charge is -1.93. The lowest BCUT2D eigenvalue weighted by Crippen LogP contribution is -1.89. The minimum absolute atomic E-state index is 0.307. The van der Waals surface area contributed by atoms with Gasteiger partial charge < -0.3 is 11.5 Å². The Morgan fingerprint density at radius 2 is 1.06 bits per heavy atom. The third kappa shape index (κ3) is 4.74. The van der Waals surface area contributed by atoms with Gasteiger partial charge in [-0.3, -0.25) is 0 Å². The Labute approximate surface area is 124 Å². The van der Waals surface area contributed by atoms with Gasteiger partial charge in [0.25, 0.3) is 0 Å². The van der Waals surface area contributed by atoms with Crippen LogP contribution in [0.5, 0.6) is 0 Å². The summed E-state index contributed by atoms with van der Waals surface area (Å²) < 4.78 is 0. The fourth-order valence-electron chi connectivity index (χ4n) is 0.850. The Balaban J connectivity index is 0.000000180. The van der Waals surface area contributed by atoms with E-state index in [1.54, 1.807) is 12.1 Å². The summed E-state index contributed by atoms with van der Waals surface area (Å²) in [4.78, 5) is 7.38. The summed E-state index contributed by atoms with van der Waals surface area (Å²) in [6.45, 7) is 0. The molecule has 2 aromatic heterocycles. The van der Waals surface area contributed by atoms with Gasteiger partial charge in [-0.1, -0.05) is 46.4 Å². The molecule has 4 N–H and O–H groups in total. The SMILES string of the molecule is Nc1ncc(Cl)cc1Cl.Nc1ncc(Cl)cc1Cl. The van der Waals surface area contributed by atoms with E-state index in [9.17, 15) is 0 Å². The highest BCUT2D eigenvalue weighted by atomic mass is 35.5. The lowest BCUT2D eigenvalue weighted by atomic mass is 10.5. The summed E-state index contributed by atoms with van der Waals surface area (Å²) in [6, 6.07) is 3.09. The second-order valence-electron chi connectivity index (χ2n) is 3.04. The molecular formula is C10H8Cl4N4. The first kappa shape index (κ1) is 15.1. The van der Waals surface area contributed by atoms with Gasteiger partial charge >= 0.3 is 0 Å². The summed E-state index contributed by atoms with van der Waals surface area (Å²) >= 11 is 22.1. The highest BCUT2D eigenvalue weighted by Gasteiger charge is 1.96. The Bertz CT molecular complexity index is 498. The van der Waals surface area contributed by atoms with Crippen molar-refractivity contribution in [3.05, 3.63) is 44.6 Å². The lowest BCUT2D eigenvalue weighted by molar-refractivity contribution is 1.34.